The second-order valence-electron chi connectivity index (χ2n) is 7.13. The van der Waals surface area contributed by atoms with Crippen LogP contribution in [0.2, 0.25) is 0 Å². The summed E-state index contributed by atoms with van der Waals surface area (Å²) in [6, 6.07) is 21.3. The number of benzene rings is 3. The molecule has 0 fully saturated rings. The van der Waals surface area contributed by atoms with Gasteiger partial charge in [0.15, 0.2) is 0 Å². The summed E-state index contributed by atoms with van der Waals surface area (Å²) in [4.78, 5) is 0. The van der Waals surface area contributed by atoms with E-state index in [4.69, 9.17) is 4.74 Å². The van der Waals surface area contributed by atoms with E-state index in [1.807, 2.05) is 19.1 Å². The molecular weight excluding hydrogens is 344 g/mol. The molecule has 2 heteroatoms. The summed E-state index contributed by atoms with van der Waals surface area (Å²) in [6.07, 6.45) is 8.75. The van der Waals surface area contributed by atoms with Crippen LogP contribution in [0.4, 0.5) is 0 Å². The van der Waals surface area contributed by atoms with Gasteiger partial charge in [-0.3, -0.25) is 0 Å². The molecule has 0 saturated heterocycles. The van der Waals surface area contributed by atoms with Crippen LogP contribution in [0, 0.1) is 0 Å². The maximum atomic E-state index is 9.31. The lowest BCUT2D eigenvalue weighted by molar-refractivity contribution is 0.182. The first kappa shape index (κ1) is 19.9. The Hall–Kier alpha value is -2.84. The number of allylic oxidation sites excluding steroid dienone is 1. The second kappa shape index (κ2) is 9.91. The van der Waals surface area contributed by atoms with Crippen LogP contribution in [-0.4, -0.2) is 17.8 Å². The zero-order valence-electron chi connectivity index (χ0n) is 16.5. The molecule has 0 amide bonds. The summed E-state index contributed by atoms with van der Waals surface area (Å²) < 4.78 is 5.55. The molecule has 0 spiro atoms. The van der Waals surface area contributed by atoms with E-state index in [2.05, 4.69) is 67.3 Å². The Kier molecular flexibility index (Phi) is 7.05. The van der Waals surface area contributed by atoms with Crippen LogP contribution in [-0.2, 0) is 0 Å². The van der Waals surface area contributed by atoms with Gasteiger partial charge in [0.25, 0.3) is 0 Å². The number of hydrogen-bond donors (Lipinski definition) is 1. The van der Waals surface area contributed by atoms with Gasteiger partial charge in [0.05, 0.1) is 6.10 Å². The molecule has 3 aromatic carbocycles. The molecule has 0 aliphatic heterocycles. The van der Waals surface area contributed by atoms with E-state index in [0.29, 0.717) is 6.61 Å². The molecule has 1 N–H and O–H groups in total. The van der Waals surface area contributed by atoms with E-state index >= 15 is 0 Å². The van der Waals surface area contributed by atoms with E-state index in [1.54, 1.807) is 6.08 Å². The summed E-state index contributed by atoms with van der Waals surface area (Å²) in [6.45, 7) is 6.03. The Morgan fingerprint density at radius 1 is 0.964 bits per heavy atom. The normalized spacial score (nSPS) is 12.4. The largest absolute Gasteiger partial charge is 0.490 e. The van der Waals surface area contributed by atoms with Crippen molar-refractivity contribution in [1.82, 2.24) is 0 Å². The summed E-state index contributed by atoms with van der Waals surface area (Å²) in [5, 5.41) is 11.8. The zero-order valence-corrected chi connectivity index (χ0v) is 16.5. The van der Waals surface area contributed by atoms with Gasteiger partial charge in [-0.05, 0) is 77.9 Å². The van der Waals surface area contributed by atoms with Gasteiger partial charge in [0, 0.05) is 0 Å². The zero-order chi connectivity index (χ0) is 19.8. The summed E-state index contributed by atoms with van der Waals surface area (Å²) in [5.74, 6) is 0.856. The lowest BCUT2D eigenvalue weighted by Gasteiger charge is -2.07. The molecule has 1 unspecified atom stereocenters. The van der Waals surface area contributed by atoms with Crippen molar-refractivity contribution in [3.05, 3.63) is 85.0 Å². The highest BCUT2D eigenvalue weighted by atomic mass is 16.5. The summed E-state index contributed by atoms with van der Waals surface area (Å²) in [7, 11) is 0. The van der Waals surface area contributed by atoms with Crippen LogP contribution in [0.5, 0.6) is 5.75 Å². The monoisotopic (exact) mass is 372 g/mol. The SMILES string of the molecule is C=CCOc1ccc(-c2ccc3cc(/C=C/CCCC(C)O)ccc3c2)cc1. The molecule has 0 aliphatic carbocycles. The van der Waals surface area contributed by atoms with E-state index < -0.39 is 0 Å². The van der Waals surface area contributed by atoms with E-state index in [1.165, 1.54) is 27.5 Å². The van der Waals surface area contributed by atoms with Crippen molar-refractivity contribution in [2.24, 2.45) is 0 Å². The van der Waals surface area contributed by atoms with Gasteiger partial charge in [-0.25, -0.2) is 0 Å². The Bertz CT molecular complexity index is 936. The van der Waals surface area contributed by atoms with Crippen molar-refractivity contribution < 1.29 is 9.84 Å². The van der Waals surface area contributed by atoms with Crippen LogP contribution < -0.4 is 4.74 Å². The number of fused-ring (bicyclic) bond motifs is 1. The Morgan fingerprint density at radius 3 is 2.43 bits per heavy atom. The first-order valence-electron chi connectivity index (χ1n) is 9.88. The number of unbranched alkanes of at least 4 members (excludes halogenated alkanes) is 1. The average molecular weight is 373 g/mol. The highest BCUT2D eigenvalue weighted by Gasteiger charge is 2.02. The van der Waals surface area contributed by atoms with Gasteiger partial charge in [-0.15, -0.1) is 0 Å². The summed E-state index contributed by atoms with van der Waals surface area (Å²) >= 11 is 0. The Labute approximate surface area is 167 Å². The molecule has 28 heavy (non-hydrogen) atoms. The fourth-order valence-corrected chi connectivity index (χ4v) is 3.20. The third-order valence-electron chi connectivity index (χ3n) is 4.72. The lowest BCUT2D eigenvalue weighted by Crippen LogP contribution is -1.97. The first-order valence-corrected chi connectivity index (χ1v) is 9.88. The molecule has 2 nitrogen and oxygen atoms in total. The molecule has 0 radical (unpaired) electrons. The van der Waals surface area contributed by atoms with Gasteiger partial charge in [0.2, 0.25) is 0 Å². The number of aliphatic hydroxyl groups excluding tert-OH is 1. The molecule has 0 bridgehead atoms. The van der Waals surface area contributed by atoms with Gasteiger partial charge >= 0.3 is 0 Å². The number of ether oxygens (including phenoxy) is 1. The molecule has 1 atom stereocenters. The first-order chi connectivity index (χ1) is 13.7. The van der Waals surface area contributed by atoms with Crippen LogP contribution in [0.25, 0.3) is 28.0 Å². The molecule has 3 aromatic rings. The fraction of sp³-hybridized carbons (Fsp3) is 0.231. The fourth-order valence-electron chi connectivity index (χ4n) is 3.20. The van der Waals surface area contributed by atoms with E-state index in [9.17, 15) is 5.11 Å². The predicted molar refractivity (Wildman–Crippen MR) is 120 cm³/mol. The Balaban J connectivity index is 1.70. The van der Waals surface area contributed by atoms with Crippen molar-refractivity contribution >= 4 is 16.8 Å². The molecule has 3 rings (SSSR count). The minimum absolute atomic E-state index is 0.209. The quantitative estimate of drug-likeness (QED) is 0.337. The van der Waals surface area contributed by atoms with Gasteiger partial charge in [-0.1, -0.05) is 61.2 Å². The van der Waals surface area contributed by atoms with Crippen molar-refractivity contribution in [2.45, 2.75) is 32.3 Å². The van der Waals surface area contributed by atoms with E-state index in [0.717, 1.165) is 25.0 Å². The maximum Gasteiger partial charge on any atom is 0.119 e. The van der Waals surface area contributed by atoms with Crippen molar-refractivity contribution in [2.75, 3.05) is 6.61 Å². The average Bonchev–Trinajstić information content (AvgIpc) is 2.71. The minimum atomic E-state index is -0.209. The highest BCUT2D eigenvalue weighted by molar-refractivity contribution is 5.89. The van der Waals surface area contributed by atoms with Gasteiger partial charge in [-0.2, -0.15) is 0 Å². The van der Waals surface area contributed by atoms with Crippen LogP contribution >= 0.6 is 0 Å². The van der Waals surface area contributed by atoms with Crippen LogP contribution in [0.15, 0.2) is 79.4 Å². The van der Waals surface area contributed by atoms with Gasteiger partial charge in [0.1, 0.15) is 12.4 Å². The maximum absolute atomic E-state index is 9.31. The molecule has 144 valence electrons. The third kappa shape index (κ3) is 5.58. The minimum Gasteiger partial charge on any atom is -0.490 e. The van der Waals surface area contributed by atoms with Crippen LogP contribution in [0.1, 0.15) is 31.7 Å². The highest BCUT2D eigenvalue weighted by Crippen LogP contribution is 2.27. The van der Waals surface area contributed by atoms with Gasteiger partial charge < -0.3 is 9.84 Å². The number of hydrogen-bond acceptors (Lipinski definition) is 2. The Morgan fingerprint density at radius 2 is 1.68 bits per heavy atom. The standard InChI is InChI=1S/C26H28O2/c1-3-17-28-26-15-13-22(14-16-26)24-12-11-23-18-21(9-10-25(23)19-24)8-6-4-5-7-20(2)27/h3,6,8-16,18-20,27H,1,4-5,7,17H2,2H3/b8-6+. The molecule has 0 aliphatic rings. The lowest BCUT2D eigenvalue weighted by atomic mass is 9.99. The van der Waals surface area contributed by atoms with Crippen molar-refractivity contribution in [3.63, 3.8) is 0 Å². The molecule has 0 heterocycles. The molecular formula is C26H28O2. The third-order valence-corrected chi connectivity index (χ3v) is 4.72. The number of rotatable bonds is 9. The van der Waals surface area contributed by atoms with Crippen molar-refractivity contribution in [1.29, 1.82) is 0 Å². The topological polar surface area (TPSA) is 29.5 Å². The molecule has 0 saturated carbocycles. The number of aliphatic hydroxyl groups is 1. The predicted octanol–water partition coefficient (Wildman–Crippen LogP) is 6.64. The van der Waals surface area contributed by atoms with Crippen LogP contribution in [0.3, 0.4) is 0 Å². The van der Waals surface area contributed by atoms with Crippen molar-refractivity contribution in [3.8, 4) is 16.9 Å². The molecule has 0 aromatic heterocycles. The smallest absolute Gasteiger partial charge is 0.119 e. The van der Waals surface area contributed by atoms with E-state index in [-0.39, 0.29) is 6.10 Å². The second-order valence-corrected chi connectivity index (χ2v) is 7.13. The summed E-state index contributed by atoms with van der Waals surface area (Å²) in [5.41, 5.74) is 3.58.